The monoisotopic (exact) mass is 722 g/mol. The van der Waals surface area contributed by atoms with E-state index in [0.717, 1.165) is 57.9 Å². The molecule has 0 aliphatic carbocycles. The molecule has 5 aromatic rings. The molecule has 0 radical (unpaired) electrons. The maximum absolute atomic E-state index is 13.0. The second-order valence-electron chi connectivity index (χ2n) is 9.44. The first-order chi connectivity index (χ1) is 22.4. The Balaban J connectivity index is 1.60. The molecule has 0 unspecified atom stereocenters. The fourth-order valence-electron chi connectivity index (χ4n) is 4.23. The van der Waals surface area contributed by atoms with Gasteiger partial charge in [0.1, 0.15) is 11.4 Å². The summed E-state index contributed by atoms with van der Waals surface area (Å²) in [5.41, 5.74) is -2.32. The number of hydrogen-bond donors (Lipinski definition) is 3. The lowest BCUT2D eigenvalue weighted by Gasteiger charge is -2.08. The highest BCUT2D eigenvalue weighted by atomic mass is 32.2. The van der Waals surface area contributed by atoms with E-state index in [1.54, 1.807) is 0 Å². The first kappa shape index (κ1) is 33.8. The van der Waals surface area contributed by atoms with Gasteiger partial charge in [-0.3, -0.25) is 29.3 Å². The summed E-state index contributed by atoms with van der Waals surface area (Å²) < 4.78 is 95.2. The van der Waals surface area contributed by atoms with Gasteiger partial charge in [-0.1, -0.05) is 17.4 Å². The SMILES string of the molecule is CCNS(=O)(=O)c1cc(-c2cn(-c3ccc(S(=O)(=O)O)c([N+](=O)[O-])c3)nn2)nc(-c2cn(-c3ccc(S(=O)(=O)O)c([N+](=O)[O-])c3)nn2)c1. The van der Waals surface area contributed by atoms with Crippen molar-refractivity contribution in [2.24, 2.45) is 0 Å². The molecule has 0 saturated heterocycles. The van der Waals surface area contributed by atoms with Crippen molar-refractivity contribution < 1.29 is 44.2 Å². The quantitative estimate of drug-likeness (QED) is 0.0978. The minimum Gasteiger partial charge on any atom is -0.282 e. The van der Waals surface area contributed by atoms with Crippen LogP contribution in [0.1, 0.15) is 6.92 Å². The van der Waals surface area contributed by atoms with Crippen molar-refractivity contribution in [3.8, 4) is 34.2 Å². The topological polar surface area (TPSA) is 315 Å². The van der Waals surface area contributed by atoms with Gasteiger partial charge in [-0.15, -0.1) is 10.2 Å². The van der Waals surface area contributed by atoms with Crippen LogP contribution in [-0.2, 0) is 30.3 Å². The van der Waals surface area contributed by atoms with Crippen LogP contribution in [0.3, 0.4) is 0 Å². The third kappa shape index (κ3) is 6.75. The van der Waals surface area contributed by atoms with Crippen LogP contribution >= 0.6 is 0 Å². The highest BCUT2D eigenvalue weighted by molar-refractivity contribution is 7.89. The van der Waals surface area contributed by atoms with Gasteiger partial charge >= 0.3 is 20.2 Å². The predicted octanol–water partition coefficient (Wildman–Crippen LogP) is 1.19. The van der Waals surface area contributed by atoms with Crippen molar-refractivity contribution in [3.63, 3.8) is 0 Å². The molecule has 0 amide bonds. The molecule has 250 valence electrons. The number of pyridine rings is 1. The van der Waals surface area contributed by atoms with Gasteiger partial charge in [0.05, 0.1) is 49.9 Å². The number of aromatic nitrogens is 7. The molecule has 22 nitrogen and oxygen atoms in total. The van der Waals surface area contributed by atoms with Gasteiger partial charge in [0.15, 0.2) is 9.79 Å². The summed E-state index contributed by atoms with van der Waals surface area (Å²) in [7, 11) is -14.0. The van der Waals surface area contributed by atoms with E-state index in [0.29, 0.717) is 0 Å². The Bertz CT molecular complexity index is 2310. The van der Waals surface area contributed by atoms with Gasteiger partial charge in [0, 0.05) is 18.7 Å². The van der Waals surface area contributed by atoms with Gasteiger partial charge in [-0.25, -0.2) is 27.5 Å². The predicted molar refractivity (Wildman–Crippen MR) is 159 cm³/mol. The Kier molecular flexibility index (Phi) is 8.58. The van der Waals surface area contributed by atoms with E-state index in [2.05, 4.69) is 30.3 Å². The Morgan fingerprint density at radius 3 is 1.48 bits per heavy atom. The van der Waals surface area contributed by atoms with Gasteiger partial charge in [-0.05, 0) is 36.4 Å². The largest absolute Gasteiger partial charge is 0.301 e. The zero-order valence-electron chi connectivity index (χ0n) is 23.7. The number of nitrogens with one attached hydrogen (secondary N) is 1. The smallest absolute Gasteiger partial charge is 0.282 e. The average Bonchev–Trinajstić information content (AvgIpc) is 3.70. The van der Waals surface area contributed by atoms with Crippen LogP contribution < -0.4 is 4.72 Å². The van der Waals surface area contributed by atoms with Crippen LogP contribution in [-0.4, -0.2) is 85.7 Å². The van der Waals surface area contributed by atoms with Gasteiger partial charge in [0.2, 0.25) is 10.0 Å². The van der Waals surface area contributed by atoms with E-state index in [1.165, 1.54) is 19.3 Å². The van der Waals surface area contributed by atoms with Gasteiger partial charge < -0.3 is 0 Å². The summed E-state index contributed by atoms with van der Waals surface area (Å²) in [6, 6.07) is 7.70. The highest BCUT2D eigenvalue weighted by Crippen LogP contribution is 2.30. The first-order valence-electron chi connectivity index (χ1n) is 12.8. The second-order valence-corrected chi connectivity index (χ2v) is 14.0. The summed E-state index contributed by atoms with van der Waals surface area (Å²) in [6.07, 6.45) is 2.41. The van der Waals surface area contributed by atoms with E-state index < -0.39 is 61.3 Å². The standard InChI is InChI=1S/C23H18N10O12S3/c1-2-24-46(38,39)15-9-16(18-11-30(28-26-18)13-3-5-22(47(40,41)42)20(7-13)32(34)35)25-17(10-15)19-12-31(29-27-19)14-4-6-23(48(43,44)45)21(8-14)33(36)37/h3-12,24H,2H2,1H3,(H,40,41,42)(H,43,44,45). The van der Waals surface area contributed by atoms with Crippen molar-refractivity contribution in [1.82, 2.24) is 39.7 Å². The third-order valence-electron chi connectivity index (χ3n) is 6.32. The zero-order valence-corrected chi connectivity index (χ0v) is 26.2. The molecule has 25 heteroatoms. The van der Waals surface area contributed by atoms with Crippen LogP contribution in [0.15, 0.2) is 75.6 Å². The summed E-state index contributed by atoms with van der Waals surface area (Å²) >= 11 is 0. The van der Waals surface area contributed by atoms with Crippen molar-refractivity contribution in [1.29, 1.82) is 0 Å². The highest BCUT2D eigenvalue weighted by Gasteiger charge is 2.27. The molecule has 0 saturated carbocycles. The number of nitro groups is 2. The van der Waals surface area contributed by atoms with Gasteiger partial charge in [-0.2, -0.15) is 16.8 Å². The lowest BCUT2D eigenvalue weighted by molar-refractivity contribution is -0.388. The Morgan fingerprint density at radius 2 is 1.12 bits per heavy atom. The molecule has 2 aromatic carbocycles. The lowest BCUT2D eigenvalue weighted by atomic mass is 10.2. The number of rotatable bonds is 11. The minimum atomic E-state index is -4.94. The van der Waals surface area contributed by atoms with Crippen LogP contribution in [0.25, 0.3) is 34.2 Å². The average molecular weight is 723 g/mol. The van der Waals surface area contributed by atoms with E-state index in [-0.39, 0.29) is 45.6 Å². The molecule has 0 bridgehead atoms. The summed E-state index contributed by atoms with van der Waals surface area (Å²) in [4.78, 5) is 23.0. The number of hydrogen-bond acceptors (Lipinski definition) is 15. The van der Waals surface area contributed by atoms with Crippen molar-refractivity contribution in [3.05, 3.63) is 81.2 Å². The van der Waals surface area contributed by atoms with Crippen molar-refractivity contribution >= 4 is 41.6 Å². The molecular formula is C23H18N10O12S3. The molecule has 0 aliphatic heterocycles. The van der Waals surface area contributed by atoms with E-state index in [1.807, 2.05) is 0 Å². The summed E-state index contributed by atoms with van der Waals surface area (Å²) in [5, 5.41) is 38.5. The van der Waals surface area contributed by atoms with Crippen molar-refractivity contribution in [2.45, 2.75) is 21.6 Å². The first-order valence-corrected chi connectivity index (χ1v) is 17.1. The normalized spacial score (nSPS) is 12.2. The van der Waals surface area contributed by atoms with Crippen LogP contribution in [0.2, 0.25) is 0 Å². The second kappa shape index (κ2) is 12.2. The number of sulfonamides is 1. The minimum absolute atomic E-state index is 0.0123. The summed E-state index contributed by atoms with van der Waals surface area (Å²) in [6.45, 7) is 1.55. The van der Waals surface area contributed by atoms with E-state index >= 15 is 0 Å². The fourth-order valence-corrected chi connectivity index (χ4v) is 6.59. The fraction of sp³-hybridized carbons (Fsp3) is 0.0870. The molecule has 3 N–H and O–H groups in total. The van der Waals surface area contributed by atoms with E-state index in [9.17, 15) is 54.6 Å². The molecule has 48 heavy (non-hydrogen) atoms. The Morgan fingerprint density at radius 1 is 0.708 bits per heavy atom. The lowest BCUT2D eigenvalue weighted by Crippen LogP contribution is -2.23. The van der Waals surface area contributed by atoms with E-state index in [4.69, 9.17) is 0 Å². The third-order valence-corrected chi connectivity index (χ3v) is 9.65. The number of nitrogens with zero attached hydrogens (tertiary/aromatic N) is 9. The molecular weight excluding hydrogens is 705 g/mol. The maximum atomic E-state index is 13.0. The molecule has 0 atom stereocenters. The maximum Gasteiger partial charge on any atom is 0.301 e. The van der Waals surface area contributed by atoms with Crippen LogP contribution in [0.4, 0.5) is 11.4 Å². The molecule has 0 fully saturated rings. The molecule has 3 heterocycles. The van der Waals surface area contributed by atoms with Crippen molar-refractivity contribution in [2.75, 3.05) is 6.54 Å². The van der Waals surface area contributed by atoms with Gasteiger partial charge in [0.25, 0.3) is 11.4 Å². The zero-order chi connectivity index (χ0) is 35.2. The Labute approximate surface area is 268 Å². The molecule has 5 rings (SSSR count). The Hall–Kier alpha value is -5.60. The molecule has 3 aromatic heterocycles. The summed E-state index contributed by atoms with van der Waals surface area (Å²) in [5.74, 6) is 0. The molecule has 0 aliphatic rings. The van der Waals surface area contributed by atoms with Crippen LogP contribution in [0.5, 0.6) is 0 Å². The number of benzene rings is 2. The number of nitro benzene ring substituents is 2. The van der Waals surface area contributed by atoms with Crippen LogP contribution in [0, 0.1) is 20.2 Å². The molecule has 0 spiro atoms.